The summed E-state index contributed by atoms with van der Waals surface area (Å²) in [6.45, 7) is 0. The molecule has 0 aromatic carbocycles. The third-order valence-corrected chi connectivity index (χ3v) is 2.33. The summed E-state index contributed by atoms with van der Waals surface area (Å²) in [7, 11) is 0. The van der Waals surface area contributed by atoms with Crippen LogP contribution in [0.1, 0.15) is 17.0 Å². The zero-order valence-electron chi connectivity index (χ0n) is 9.85. The Hall–Kier alpha value is -1.71. The van der Waals surface area contributed by atoms with Crippen molar-refractivity contribution in [3.8, 4) is 5.75 Å². The predicted octanol–water partition coefficient (Wildman–Crippen LogP) is 3.36. The Balaban J connectivity index is 3.48. The third-order valence-electron chi connectivity index (χ3n) is 2.08. The normalized spacial score (nSPS) is 12.3. The molecule has 0 bridgehead atoms. The van der Waals surface area contributed by atoms with E-state index in [-0.39, 0.29) is 6.07 Å². The van der Waals surface area contributed by atoms with E-state index in [9.17, 15) is 31.1 Å². The maximum Gasteiger partial charge on any atom is 0.573 e. The van der Waals surface area contributed by atoms with Crippen LogP contribution in [0.2, 0.25) is 0 Å². The zero-order valence-corrected chi connectivity index (χ0v) is 10.6. The molecule has 1 aromatic rings. The number of carboxylic acid groups (broad SMARTS) is 1. The highest BCUT2D eigenvalue weighted by Gasteiger charge is 2.42. The molecule has 1 N–H and O–H groups in total. The van der Waals surface area contributed by atoms with E-state index >= 15 is 0 Å². The van der Waals surface area contributed by atoms with Gasteiger partial charge in [-0.2, -0.15) is 13.2 Å². The fraction of sp³-hybridized carbons (Fsp3) is 0.400. The zero-order chi connectivity index (χ0) is 16.4. The van der Waals surface area contributed by atoms with Gasteiger partial charge in [-0.15, -0.1) is 24.8 Å². The first-order valence-corrected chi connectivity index (χ1v) is 5.61. The monoisotopic (exact) mass is 337 g/mol. The third kappa shape index (κ3) is 4.96. The first-order valence-electron chi connectivity index (χ1n) is 5.07. The summed E-state index contributed by atoms with van der Waals surface area (Å²) in [5.41, 5.74) is -3.27. The van der Waals surface area contributed by atoms with Crippen molar-refractivity contribution in [1.82, 2.24) is 4.98 Å². The van der Waals surface area contributed by atoms with Crippen LogP contribution in [0, 0.1) is 0 Å². The van der Waals surface area contributed by atoms with Crippen molar-refractivity contribution in [2.45, 2.75) is 24.8 Å². The number of carbonyl (C=O) groups is 1. The van der Waals surface area contributed by atoms with Crippen LogP contribution in [-0.4, -0.2) is 22.4 Å². The second kappa shape index (κ2) is 5.96. The number of rotatable bonds is 4. The van der Waals surface area contributed by atoms with Crippen LogP contribution in [0.25, 0.3) is 0 Å². The lowest BCUT2D eigenvalue weighted by Crippen LogP contribution is -2.22. The summed E-state index contributed by atoms with van der Waals surface area (Å²) in [5, 5.41) is 8.52. The molecule has 118 valence electrons. The molecule has 0 atom stereocenters. The number of aromatic nitrogens is 1. The van der Waals surface area contributed by atoms with Gasteiger partial charge in [0.2, 0.25) is 0 Å². The molecule has 0 aliphatic carbocycles. The molecule has 21 heavy (non-hydrogen) atoms. The van der Waals surface area contributed by atoms with Gasteiger partial charge in [0.05, 0.1) is 23.7 Å². The number of alkyl halides is 7. The second-order valence-electron chi connectivity index (χ2n) is 3.68. The number of hydrogen-bond acceptors (Lipinski definition) is 3. The van der Waals surface area contributed by atoms with Gasteiger partial charge in [-0.05, 0) is 0 Å². The summed E-state index contributed by atoms with van der Waals surface area (Å²) < 4.78 is 78.3. The standard InChI is InChI=1S/C10H6ClF6NO3/c11-3-5-8(9(12,13)14)6(21-10(15,16)17)1-4(18-5)2-7(19)20/h1H,2-3H2,(H,19,20). The number of aliphatic carboxylic acids is 1. The van der Waals surface area contributed by atoms with E-state index in [1.165, 1.54) is 0 Å². The second-order valence-corrected chi connectivity index (χ2v) is 3.95. The van der Waals surface area contributed by atoms with E-state index in [0.29, 0.717) is 0 Å². The molecule has 1 heterocycles. The smallest absolute Gasteiger partial charge is 0.481 e. The molecule has 0 radical (unpaired) electrons. The Labute approximate surface area is 118 Å². The number of halogens is 7. The molecule has 0 amide bonds. The quantitative estimate of drug-likeness (QED) is 0.676. The first-order chi connectivity index (χ1) is 9.44. The summed E-state index contributed by atoms with van der Waals surface area (Å²) in [6, 6.07) is 0.278. The lowest BCUT2D eigenvalue weighted by molar-refractivity contribution is -0.276. The minimum Gasteiger partial charge on any atom is -0.481 e. The molecule has 0 spiro atoms. The van der Waals surface area contributed by atoms with Gasteiger partial charge in [0.25, 0.3) is 0 Å². The van der Waals surface area contributed by atoms with Gasteiger partial charge in [0, 0.05) is 6.07 Å². The van der Waals surface area contributed by atoms with E-state index in [2.05, 4.69) is 9.72 Å². The van der Waals surface area contributed by atoms with E-state index in [0.717, 1.165) is 0 Å². The minimum absolute atomic E-state index is 0.278. The molecule has 0 saturated heterocycles. The van der Waals surface area contributed by atoms with Gasteiger partial charge in [-0.25, -0.2) is 0 Å². The van der Waals surface area contributed by atoms with E-state index in [4.69, 9.17) is 16.7 Å². The minimum atomic E-state index is -5.38. The summed E-state index contributed by atoms with van der Waals surface area (Å²) >= 11 is 5.24. The summed E-state index contributed by atoms with van der Waals surface area (Å²) in [4.78, 5) is 13.8. The largest absolute Gasteiger partial charge is 0.573 e. The molecule has 4 nitrogen and oxygen atoms in total. The highest BCUT2D eigenvalue weighted by Crippen LogP contribution is 2.41. The molecule has 0 saturated carbocycles. The van der Waals surface area contributed by atoms with Crippen LogP contribution in [0.15, 0.2) is 6.07 Å². The van der Waals surface area contributed by atoms with Crippen LogP contribution >= 0.6 is 11.6 Å². The van der Waals surface area contributed by atoms with Gasteiger partial charge in [-0.3, -0.25) is 9.78 Å². The van der Waals surface area contributed by atoms with Gasteiger partial charge in [0.15, 0.2) is 0 Å². The SMILES string of the molecule is O=C(O)Cc1cc(OC(F)(F)F)c(C(F)(F)F)c(CCl)n1. The Bertz CT molecular complexity index is 543. The molecule has 1 aromatic heterocycles. The Morgan fingerprint density at radius 2 is 1.86 bits per heavy atom. The first kappa shape index (κ1) is 17.3. The van der Waals surface area contributed by atoms with Crippen molar-refractivity contribution >= 4 is 17.6 Å². The number of pyridine rings is 1. The fourth-order valence-electron chi connectivity index (χ4n) is 1.48. The lowest BCUT2D eigenvalue weighted by Gasteiger charge is -2.18. The maximum absolute atomic E-state index is 12.8. The Kier molecular flexibility index (Phi) is 4.92. The molecule has 0 unspecified atom stereocenters. The average Bonchev–Trinajstić information content (AvgIpc) is 2.22. The van der Waals surface area contributed by atoms with Crippen molar-refractivity contribution in [3.63, 3.8) is 0 Å². The van der Waals surface area contributed by atoms with Gasteiger partial charge < -0.3 is 9.84 Å². The molecule has 0 aliphatic heterocycles. The number of nitrogens with zero attached hydrogens (tertiary/aromatic N) is 1. The molecular formula is C10H6ClF6NO3. The highest BCUT2D eigenvalue weighted by atomic mass is 35.5. The Morgan fingerprint density at radius 1 is 1.29 bits per heavy atom. The van der Waals surface area contributed by atoms with Gasteiger partial charge in [0.1, 0.15) is 11.3 Å². The predicted molar refractivity (Wildman–Crippen MR) is 56.8 cm³/mol. The van der Waals surface area contributed by atoms with Crippen molar-refractivity contribution in [1.29, 1.82) is 0 Å². The van der Waals surface area contributed by atoms with Crippen LogP contribution in [0.3, 0.4) is 0 Å². The fourth-order valence-corrected chi connectivity index (χ4v) is 1.67. The van der Waals surface area contributed by atoms with Crippen LogP contribution < -0.4 is 4.74 Å². The van der Waals surface area contributed by atoms with Crippen molar-refractivity contribution < 1.29 is 41.0 Å². The number of hydrogen-bond donors (Lipinski definition) is 1. The van der Waals surface area contributed by atoms with E-state index in [1.54, 1.807) is 0 Å². The topological polar surface area (TPSA) is 59.4 Å². The van der Waals surface area contributed by atoms with Crippen LogP contribution in [0.4, 0.5) is 26.3 Å². The van der Waals surface area contributed by atoms with Gasteiger partial charge in [-0.1, -0.05) is 0 Å². The summed E-state index contributed by atoms with van der Waals surface area (Å²) in [5.74, 6) is -3.94. The molecule has 0 fully saturated rings. The average molecular weight is 338 g/mol. The van der Waals surface area contributed by atoms with E-state index in [1.807, 2.05) is 0 Å². The molecule has 0 aliphatic rings. The molecular weight excluding hydrogens is 332 g/mol. The molecule has 11 heteroatoms. The van der Waals surface area contributed by atoms with Crippen molar-refractivity contribution in [2.24, 2.45) is 0 Å². The number of ether oxygens (including phenoxy) is 1. The number of carboxylic acids is 1. The molecule has 1 rings (SSSR count). The van der Waals surface area contributed by atoms with Crippen LogP contribution in [-0.2, 0) is 23.3 Å². The lowest BCUT2D eigenvalue weighted by atomic mass is 10.1. The Morgan fingerprint density at radius 3 is 2.24 bits per heavy atom. The maximum atomic E-state index is 12.8. The van der Waals surface area contributed by atoms with Crippen LogP contribution in [0.5, 0.6) is 5.75 Å². The van der Waals surface area contributed by atoms with E-state index < -0.39 is 53.5 Å². The van der Waals surface area contributed by atoms with Crippen molar-refractivity contribution in [3.05, 3.63) is 23.0 Å². The van der Waals surface area contributed by atoms with Gasteiger partial charge >= 0.3 is 18.5 Å². The highest BCUT2D eigenvalue weighted by molar-refractivity contribution is 6.17. The summed E-state index contributed by atoms with van der Waals surface area (Å²) in [6.07, 6.45) is -11.5. The van der Waals surface area contributed by atoms with Crippen molar-refractivity contribution in [2.75, 3.05) is 0 Å².